The summed E-state index contributed by atoms with van der Waals surface area (Å²) in [5.41, 5.74) is 15.8. The summed E-state index contributed by atoms with van der Waals surface area (Å²) < 4.78 is 47.0. The van der Waals surface area contributed by atoms with Gasteiger partial charge in [-0.05, 0) is 36.9 Å². The largest absolute Gasteiger partial charge is 0.492 e. The third-order valence-electron chi connectivity index (χ3n) is 4.28. The van der Waals surface area contributed by atoms with Gasteiger partial charge in [0.15, 0.2) is 0 Å². The molecule has 1 heterocycles. The fraction of sp³-hybridized carbons (Fsp3) is 0.278. The first-order valence-corrected chi connectivity index (χ1v) is 8.98. The maximum absolute atomic E-state index is 13.8. The van der Waals surface area contributed by atoms with Crippen molar-refractivity contribution in [1.29, 1.82) is 0 Å². The Morgan fingerprint density at radius 3 is 2.48 bits per heavy atom. The van der Waals surface area contributed by atoms with E-state index < -0.39 is 17.5 Å². The van der Waals surface area contributed by atoms with Crippen LogP contribution in [0.25, 0.3) is 11.1 Å². The molecule has 7 N–H and O–H groups in total. The van der Waals surface area contributed by atoms with E-state index in [4.69, 9.17) is 27.8 Å². The molecule has 0 radical (unpaired) electrons. The maximum atomic E-state index is 13.8. The number of nitrogens with two attached hydrogens (primary N) is 2. The number of hydrogen-bond acceptors (Lipinski definition) is 7. The quantitative estimate of drug-likeness (QED) is 0.451. The van der Waals surface area contributed by atoms with Crippen molar-refractivity contribution in [3.63, 3.8) is 0 Å². The van der Waals surface area contributed by atoms with Gasteiger partial charge in [0.25, 0.3) is 0 Å². The van der Waals surface area contributed by atoms with E-state index in [1.54, 1.807) is 19.2 Å². The molecule has 2 aromatic rings. The molecule has 0 aliphatic carbocycles. The Bertz CT molecular complexity index is 919. The molecular formula is C18H20ClF3N6O. The number of likely N-dealkylation sites (N-methyl/N-ethyl adjacent to an activating group) is 1. The lowest BCUT2D eigenvalue weighted by atomic mass is 9.95. The molecule has 1 aliphatic heterocycles. The minimum atomic E-state index is -4.67. The first-order valence-electron chi connectivity index (χ1n) is 8.60. The van der Waals surface area contributed by atoms with Crippen molar-refractivity contribution < 1.29 is 17.9 Å². The van der Waals surface area contributed by atoms with Crippen molar-refractivity contribution in [2.45, 2.75) is 12.0 Å². The zero-order valence-electron chi connectivity index (χ0n) is 15.4. The number of alkyl halides is 3. The number of hydrazine groups is 1. The van der Waals surface area contributed by atoms with Gasteiger partial charge >= 0.3 is 6.18 Å². The summed E-state index contributed by atoms with van der Waals surface area (Å²) in [5, 5.41) is 2.82. The number of nitrogens with zero attached hydrogens (tertiary/aromatic N) is 1. The van der Waals surface area contributed by atoms with Crippen LogP contribution < -0.4 is 32.4 Å². The number of benzene rings is 2. The van der Waals surface area contributed by atoms with Crippen LogP contribution in [-0.2, 0) is 12.0 Å². The van der Waals surface area contributed by atoms with Crippen LogP contribution in [0.3, 0.4) is 0 Å². The predicted molar refractivity (Wildman–Crippen MR) is 105 cm³/mol. The predicted octanol–water partition coefficient (Wildman–Crippen LogP) is 2.12. The number of aliphatic imine (C=N–C) groups is 1. The lowest BCUT2D eigenvalue weighted by molar-refractivity contribution is -0.137. The third-order valence-corrected chi connectivity index (χ3v) is 4.58. The molecule has 0 fully saturated rings. The second-order valence-electron chi connectivity index (χ2n) is 6.37. The van der Waals surface area contributed by atoms with Crippen molar-refractivity contribution in [3.05, 3.63) is 52.5 Å². The molecule has 1 atom stereocenters. The summed E-state index contributed by atoms with van der Waals surface area (Å²) in [5.74, 6) is -1.18. The summed E-state index contributed by atoms with van der Waals surface area (Å²) in [6.45, 7) is 1.08. The van der Waals surface area contributed by atoms with Gasteiger partial charge in [-0.15, -0.1) is 0 Å². The SMILES string of the molecule is CNCCOc1ccc(-c2c(Cl)cc(C3(N)N=C(N)NN3)cc2C(F)(F)F)cc1. The Morgan fingerprint density at radius 1 is 1.24 bits per heavy atom. The van der Waals surface area contributed by atoms with Crippen LogP contribution in [0, 0.1) is 0 Å². The summed E-state index contributed by atoms with van der Waals surface area (Å²) in [6, 6.07) is 8.47. The second-order valence-corrected chi connectivity index (χ2v) is 6.78. The number of halogens is 4. The highest BCUT2D eigenvalue weighted by Gasteiger charge is 2.39. The Kier molecular flexibility index (Phi) is 5.90. The summed E-state index contributed by atoms with van der Waals surface area (Å²) >= 11 is 6.27. The van der Waals surface area contributed by atoms with Gasteiger partial charge in [0.1, 0.15) is 12.4 Å². The molecule has 2 aromatic carbocycles. The average Bonchev–Trinajstić information content (AvgIpc) is 3.01. The number of hydrogen-bond donors (Lipinski definition) is 5. The maximum Gasteiger partial charge on any atom is 0.417 e. The van der Waals surface area contributed by atoms with Crippen LogP contribution in [0.4, 0.5) is 13.2 Å². The molecule has 0 amide bonds. The van der Waals surface area contributed by atoms with Crippen molar-refractivity contribution in [3.8, 4) is 16.9 Å². The van der Waals surface area contributed by atoms with Crippen molar-refractivity contribution in [2.75, 3.05) is 20.2 Å². The lowest BCUT2D eigenvalue weighted by Gasteiger charge is -2.24. The molecule has 0 aromatic heterocycles. The Morgan fingerprint density at radius 2 is 1.93 bits per heavy atom. The van der Waals surface area contributed by atoms with Gasteiger partial charge < -0.3 is 15.8 Å². The van der Waals surface area contributed by atoms with Crippen LogP contribution in [0.2, 0.25) is 5.02 Å². The van der Waals surface area contributed by atoms with E-state index >= 15 is 0 Å². The van der Waals surface area contributed by atoms with Gasteiger partial charge in [0.2, 0.25) is 11.7 Å². The molecule has 0 saturated carbocycles. The zero-order valence-corrected chi connectivity index (χ0v) is 16.2. The van der Waals surface area contributed by atoms with Crippen LogP contribution >= 0.6 is 11.6 Å². The van der Waals surface area contributed by atoms with E-state index in [0.717, 1.165) is 6.07 Å². The topological polar surface area (TPSA) is 110 Å². The van der Waals surface area contributed by atoms with Crippen LogP contribution in [-0.4, -0.2) is 26.2 Å². The molecular weight excluding hydrogens is 409 g/mol. The highest BCUT2D eigenvalue weighted by molar-refractivity contribution is 6.33. The van der Waals surface area contributed by atoms with E-state index in [0.29, 0.717) is 24.5 Å². The highest BCUT2D eigenvalue weighted by atomic mass is 35.5. The monoisotopic (exact) mass is 428 g/mol. The molecule has 7 nitrogen and oxygen atoms in total. The van der Waals surface area contributed by atoms with Crippen LogP contribution in [0.15, 0.2) is 41.4 Å². The number of nitrogens with one attached hydrogen (secondary N) is 3. The fourth-order valence-electron chi connectivity index (χ4n) is 2.87. The standard InChI is InChI=1S/C18H20ClF3N6O/c1-25-6-7-29-12-4-2-10(3-5-12)15-13(17(20,21)22)8-11(9-14(15)19)18(24)26-16(23)27-28-18/h2-5,8-9,25,28H,6-7,24H2,1H3,(H3,23,26,27). The van der Waals surface area contributed by atoms with E-state index in [9.17, 15) is 13.2 Å². The molecule has 1 aliphatic rings. The molecule has 29 heavy (non-hydrogen) atoms. The molecule has 0 spiro atoms. The smallest absolute Gasteiger partial charge is 0.417 e. The van der Waals surface area contributed by atoms with Gasteiger partial charge in [-0.1, -0.05) is 23.7 Å². The number of ether oxygens (including phenoxy) is 1. The van der Waals surface area contributed by atoms with Crippen molar-refractivity contribution in [2.24, 2.45) is 16.5 Å². The normalized spacial score (nSPS) is 19.0. The van der Waals surface area contributed by atoms with Gasteiger partial charge in [-0.25, -0.2) is 4.99 Å². The second kappa shape index (κ2) is 8.07. The van der Waals surface area contributed by atoms with Gasteiger partial charge in [0, 0.05) is 22.7 Å². The molecule has 0 bridgehead atoms. The lowest BCUT2D eigenvalue weighted by Crippen LogP contribution is -2.50. The Hall–Kier alpha value is -2.53. The summed E-state index contributed by atoms with van der Waals surface area (Å²) in [4.78, 5) is 3.91. The molecule has 0 saturated heterocycles. The molecule has 1 unspecified atom stereocenters. The molecule has 156 valence electrons. The highest BCUT2D eigenvalue weighted by Crippen LogP contribution is 2.43. The van der Waals surface area contributed by atoms with Crippen molar-refractivity contribution in [1.82, 2.24) is 16.2 Å². The molecule has 3 rings (SSSR count). The van der Waals surface area contributed by atoms with E-state index in [2.05, 4.69) is 21.2 Å². The van der Waals surface area contributed by atoms with Gasteiger partial charge in [0.05, 0.1) is 5.56 Å². The van der Waals surface area contributed by atoms with E-state index in [1.807, 2.05) is 0 Å². The average molecular weight is 429 g/mol. The van der Waals surface area contributed by atoms with Gasteiger partial charge in [-0.3, -0.25) is 11.2 Å². The van der Waals surface area contributed by atoms with Crippen molar-refractivity contribution >= 4 is 17.6 Å². The first kappa shape index (κ1) is 21.2. The number of guanidine groups is 1. The van der Waals surface area contributed by atoms with Crippen LogP contribution in [0.1, 0.15) is 11.1 Å². The Balaban J connectivity index is 2.03. The summed E-state index contributed by atoms with van der Waals surface area (Å²) in [7, 11) is 1.79. The minimum absolute atomic E-state index is 0.0125. The minimum Gasteiger partial charge on any atom is -0.492 e. The van der Waals surface area contributed by atoms with Crippen LogP contribution in [0.5, 0.6) is 5.75 Å². The fourth-order valence-corrected chi connectivity index (χ4v) is 3.20. The summed E-state index contributed by atoms with van der Waals surface area (Å²) in [6.07, 6.45) is -4.67. The Labute approximate surface area is 170 Å². The zero-order chi connectivity index (χ0) is 21.2. The first-order chi connectivity index (χ1) is 13.6. The van der Waals surface area contributed by atoms with E-state index in [1.165, 1.54) is 18.2 Å². The van der Waals surface area contributed by atoms with E-state index in [-0.39, 0.29) is 22.1 Å². The van der Waals surface area contributed by atoms with Gasteiger partial charge in [-0.2, -0.15) is 18.6 Å². The number of rotatable bonds is 6. The third kappa shape index (κ3) is 4.56. The molecule has 11 heteroatoms.